The maximum absolute atomic E-state index is 14.4. The lowest BCUT2D eigenvalue weighted by Gasteiger charge is -2.30. The van der Waals surface area contributed by atoms with Crippen LogP contribution in [0.3, 0.4) is 0 Å². The Kier molecular flexibility index (Phi) is 7.39. The van der Waals surface area contributed by atoms with Crippen LogP contribution in [0.15, 0.2) is 42.5 Å². The van der Waals surface area contributed by atoms with E-state index in [2.05, 4.69) is 4.74 Å². The zero-order chi connectivity index (χ0) is 22.5. The van der Waals surface area contributed by atoms with Crippen molar-refractivity contribution in [2.45, 2.75) is 51.8 Å². The van der Waals surface area contributed by atoms with E-state index in [1.807, 2.05) is 19.1 Å². The first-order chi connectivity index (χ1) is 14.0. The van der Waals surface area contributed by atoms with Gasteiger partial charge in [-0.25, -0.2) is 4.39 Å². The summed E-state index contributed by atoms with van der Waals surface area (Å²) >= 11 is 0. The van der Waals surface area contributed by atoms with Gasteiger partial charge in [0.2, 0.25) is 5.67 Å². The number of Topliss-reactive ketones (excluding diaryl/α,β-unsaturated/α-hetero) is 2. The highest BCUT2D eigenvalue weighted by atomic mass is 19.3. The Balaban J connectivity index is 2.39. The van der Waals surface area contributed by atoms with Gasteiger partial charge in [0.05, 0.1) is 12.2 Å². The Morgan fingerprint density at radius 3 is 2.13 bits per heavy atom. The van der Waals surface area contributed by atoms with Gasteiger partial charge in [-0.05, 0) is 43.5 Å². The fraction of sp³-hybridized carbons (Fsp3) is 0.391. The number of halogens is 4. The molecule has 0 heterocycles. The topological polar surface area (TPSA) is 43.4 Å². The molecule has 0 amide bonds. The molecular formula is C23H24F4O3. The Labute approximate surface area is 173 Å². The van der Waals surface area contributed by atoms with Crippen molar-refractivity contribution < 1.29 is 31.9 Å². The summed E-state index contributed by atoms with van der Waals surface area (Å²) in [6, 6.07) is 10.7. The predicted octanol–water partition coefficient (Wildman–Crippen LogP) is 5.94. The summed E-state index contributed by atoms with van der Waals surface area (Å²) in [5, 5.41) is 0. The molecule has 3 nitrogen and oxygen atoms in total. The second kappa shape index (κ2) is 9.41. The van der Waals surface area contributed by atoms with Crippen LogP contribution in [0.1, 0.15) is 59.0 Å². The molecule has 0 aliphatic rings. The van der Waals surface area contributed by atoms with Gasteiger partial charge in [-0.1, -0.05) is 37.3 Å². The Morgan fingerprint density at radius 1 is 1.00 bits per heavy atom. The average molecular weight is 424 g/mol. The summed E-state index contributed by atoms with van der Waals surface area (Å²) in [6.45, 7) is 2.43. The molecule has 1 atom stereocenters. The van der Waals surface area contributed by atoms with Crippen molar-refractivity contribution in [3.8, 4) is 5.75 Å². The van der Waals surface area contributed by atoms with Gasteiger partial charge >= 0.3 is 6.11 Å². The molecule has 0 N–H and O–H groups in total. The van der Waals surface area contributed by atoms with Crippen LogP contribution in [0.25, 0.3) is 0 Å². The van der Waals surface area contributed by atoms with Gasteiger partial charge in [-0.15, -0.1) is 0 Å². The third-order valence-corrected chi connectivity index (χ3v) is 4.89. The first-order valence-electron chi connectivity index (χ1n) is 9.58. The largest absolute Gasteiger partial charge is 0.432 e. The Morgan fingerprint density at radius 2 is 1.60 bits per heavy atom. The Hall–Kier alpha value is -2.70. The maximum Gasteiger partial charge on any atom is 0.432 e. The van der Waals surface area contributed by atoms with Crippen LogP contribution in [0.2, 0.25) is 0 Å². The molecule has 2 aromatic carbocycles. The molecule has 7 heteroatoms. The van der Waals surface area contributed by atoms with Crippen molar-refractivity contribution in [2.24, 2.45) is 0 Å². The van der Waals surface area contributed by atoms with E-state index in [0.717, 1.165) is 18.1 Å². The fourth-order valence-corrected chi connectivity index (χ4v) is 2.80. The summed E-state index contributed by atoms with van der Waals surface area (Å²) in [5.74, 6) is -1.60. The first kappa shape index (κ1) is 23.6. The SMILES string of the molecule is CCc1ccc(CC(=O)c2ccc(C(C)=O)cc2OC(F)(F)C(C)(F)CCF)cc1. The van der Waals surface area contributed by atoms with Crippen LogP contribution in [0.4, 0.5) is 17.6 Å². The van der Waals surface area contributed by atoms with Gasteiger partial charge in [0.25, 0.3) is 0 Å². The molecule has 2 rings (SSSR count). The summed E-state index contributed by atoms with van der Waals surface area (Å²) < 4.78 is 60.2. The van der Waals surface area contributed by atoms with E-state index >= 15 is 0 Å². The average Bonchev–Trinajstić information content (AvgIpc) is 2.67. The van der Waals surface area contributed by atoms with E-state index in [-0.39, 0.29) is 17.5 Å². The number of hydrogen-bond acceptors (Lipinski definition) is 3. The maximum atomic E-state index is 14.4. The standard InChI is InChI=1S/C23H24F4O3/c1-4-16-5-7-17(8-6-16)13-20(29)19-10-9-18(15(2)28)14-21(19)30-23(26,27)22(3,25)11-12-24/h5-10,14H,4,11-13H2,1-3H3. The van der Waals surface area contributed by atoms with E-state index in [1.54, 1.807) is 12.1 Å². The second-order valence-electron chi connectivity index (χ2n) is 7.29. The number of hydrogen-bond donors (Lipinski definition) is 0. The van der Waals surface area contributed by atoms with Crippen LogP contribution < -0.4 is 4.74 Å². The monoisotopic (exact) mass is 424 g/mol. The molecule has 0 spiro atoms. The zero-order valence-corrected chi connectivity index (χ0v) is 17.1. The summed E-state index contributed by atoms with van der Waals surface area (Å²) in [5.41, 5.74) is -1.75. The molecule has 0 aromatic heterocycles. The summed E-state index contributed by atoms with van der Waals surface area (Å²) in [4.78, 5) is 24.4. The minimum Gasteiger partial charge on any atom is -0.429 e. The smallest absolute Gasteiger partial charge is 0.429 e. The molecule has 0 radical (unpaired) electrons. The third-order valence-electron chi connectivity index (χ3n) is 4.89. The number of carbonyl (C=O) groups excluding carboxylic acids is 2. The quantitative estimate of drug-likeness (QED) is 0.350. The molecular weight excluding hydrogens is 400 g/mol. The van der Waals surface area contributed by atoms with Crippen molar-refractivity contribution in [3.05, 3.63) is 64.7 Å². The lowest BCUT2D eigenvalue weighted by atomic mass is 9.98. The van der Waals surface area contributed by atoms with E-state index < -0.39 is 42.2 Å². The van der Waals surface area contributed by atoms with Gasteiger partial charge in [0.15, 0.2) is 11.6 Å². The molecule has 0 saturated carbocycles. The van der Waals surface area contributed by atoms with Gasteiger partial charge in [-0.3, -0.25) is 14.0 Å². The van der Waals surface area contributed by atoms with Crippen molar-refractivity contribution in [2.75, 3.05) is 6.67 Å². The fourth-order valence-electron chi connectivity index (χ4n) is 2.80. The number of rotatable bonds is 10. The number of benzene rings is 2. The highest BCUT2D eigenvalue weighted by Gasteiger charge is 2.54. The minimum absolute atomic E-state index is 0.0238. The minimum atomic E-state index is -4.41. The van der Waals surface area contributed by atoms with Crippen molar-refractivity contribution in [1.82, 2.24) is 0 Å². The lowest BCUT2D eigenvalue weighted by molar-refractivity contribution is -0.260. The van der Waals surface area contributed by atoms with E-state index in [4.69, 9.17) is 0 Å². The lowest BCUT2D eigenvalue weighted by Crippen LogP contribution is -2.47. The normalized spacial score (nSPS) is 13.6. The number of carbonyl (C=O) groups is 2. The molecule has 0 fully saturated rings. The van der Waals surface area contributed by atoms with Crippen LogP contribution in [-0.4, -0.2) is 30.0 Å². The molecule has 2 aromatic rings. The summed E-state index contributed by atoms with van der Waals surface area (Å²) in [7, 11) is 0. The van der Waals surface area contributed by atoms with Crippen LogP contribution in [-0.2, 0) is 12.8 Å². The molecule has 162 valence electrons. The molecule has 0 aliphatic heterocycles. The third kappa shape index (κ3) is 5.46. The van der Waals surface area contributed by atoms with Crippen molar-refractivity contribution in [1.29, 1.82) is 0 Å². The predicted molar refractivity (Wildman–Crippen MR) is 106 cm³/mol. The van der Waals surface area contributed by atoms with E-state index in [9.17, 15) is 27.2 Å². The highest BCUT2D eigenvalue weighted by Crippen LogP contribution is 2.39. The number of aryl methyl sites for hydroxylation is 1. The second-order valence-corrected chi connectivity index (χ2v) is 7.29. The van der Waals surface area contributed by atoms with Gasteiger partial charge in [-0.2, -0.15) is 8.78 Å². The van der Waals surface area contributed by atoms with Gasteiger partial charge in [0, 0.05) is 18.4 Å². The zero-order valence-electron chi connectivity index (χ0n) is 17.1. The molecule has 1 unspecified atom stereocenters. The van der Waals surface area contributed by atoms with Crippen molar-refractivity contribution >= 4 is 11.6 Å². The van der Waals surface area contributed by atoms with E-state index in [0.29, 0.717) is 12.5 Å². The molecule has 0 bridgehead atoms. The number of ether oxygens (including phenoxy) is 1. The highest BCUT2D eigenvalue weighted by molar-refractivity contribution is 6.02. The van der Waals surface area contributed by atoms with Gasteiger partial charge in [0.1, 0.15) is 5.75 Å². The van der Waals surface area contributed by atoms with Gasteiger partial charge < -0.3 is 4.74 Å². The number of ketones is 2. The van der Waals surface area contributed by atoms with Crippen LogP contribution >= 0.6 is 0 Å². The van der Waals surface area contributed by atoms with E-state index in [1.165, 1.54) is 19.1 Å². The van der Waals surface area contributed by atoms with Crippen molar-refractivity contribution in [3.63, 3.8) is 0 Å². The van der Waals surface area contributed by atoms with Crippen LogP contribution in [0, 0.1) is 0 Å². The first-order valence-corrected chi connectivity index (χ1v) is 9.58. The molecule has 0 saturated heterocycles. The van der Waals surface area contributed by atoms with Crippen LogP contribution in [0.5, 0.6) is 5.75 Å². The molecule has 30 heavy (non-hydrogen) atoms. The summed E-state index contributed by atoms with van der Waals surface area (Å²) in [6.07, 6.45) is -4.76. The number of alkyl halides is 4. The Bertz CT molecular complexity index is 905. The molecule has 0 aliphatic carbocycles.